The second kappa shape index (κ2) is 44.5. The van der Waals surface area contributed by atoms with E-state index in [0.717, 1.165) is 111 Å². The molecule has 0 saturated carbocycles. The second-order valence-corrected chi connectivity index (χ2v) is 34.6. The van der Waals surface area contributed by atoms with Crippen molar-refractivity contribution in [1.29, 1.82) is 0 Å². The Morgan fingerprint density at radius 1 is 0.443 bits per heavy atom. The molecule has 8 amide bonds. The third-order valence-electron chi connectivity index (χ3n) is 19.0. The van der Waals surface area contributed by atoms with E-state index in [4.69, 9.17) is 18.9 Å². The molecule has 6 atom stereocenters. The van der Waals surface area contributed by atoms with Crippen LogP contribution < -0.4 is 79.7 Å². The lowest BCUT2D eigenvalue weighted by Gasteiger charge is -2.23. The highest BCUT2D eigenvalue weighted by molar-refractivity contribution is 8.00. The largest absolute Gasteiger partial charge is 0.477 e. The summed E-state index contributed by atoms with van der Waals surface area (Å²) < 4.78 is 53.4. The maximum absolute atomic E-state index is 15.4. The Morgan fingerprint density at radius 3 is 1.39 bits per heavy atom. The number of nitrogens with zero attached hydrogens (tertiary/aromatic N) is 1. The van der Waals surface area contributed by atoms with Gasteiger partial charge < -0.3 is 75.9 Å². The van der Waals surface area contributed by atoms with E-state index in [1.165, 1.54) is 0 Å². The van der Waals surface area contributed by atoms with Crippen molar-refractivity contribution in [2.24, 2.45) is 4.99 Å². The lowest BCUT2D eigenvalue weighted by molar-refractivity contribution is -0.122. The first-order chi connectivity index (χ1) is 51.8. The van der Waals surface area contributed by atoms with Crippen molar-refractivity contribution in [1.82, 2.24) is 47.9 Å². The van der Waals surface area contributed by atoms with Gasteiger partial charge in [-0.05, 0) is 108 Å². The Hall–Kier alpha value is -7.79. The number of hydrogen-bond donors (Lipinski definition) is 9. The summed E-state index contributed by atoms with van der Waals surface area (Å²) in [5, 5.41) is 31.5. The van der Waals surface area contributed by atoms with Crippen molar-refractivity contribution in [3.05, 3.63) is 180 Å². The molecule has 4 aliphatic heterocycles. The van der Waals surface area contributed by atoms with Crippen molar-refractivity contribution in [2.45, 2.75) is 131 Å². The molecule has 0 bridgehead atoms. The predicted octanol–water partition coefficient (Wildman–Crippen LogP) is 8.19. The molecule has 0 radical (unpaired) electrons. The quantitative estimate of drug-likeness (QED) is 0.00573. The van der Waals surface area contributed by atoms with Crippen LogP contribution >= 0.6 is 37.8 Å². The van der Waals surface area contributed by atoms with Crippen LogP contribution in [0.25, 0.3) is 0 Å². The number of rotatable bonds is 44. The SMILES string of the molecule is CN=C(OCCCCCNC(=O)CCCC[C@@H]1SC[C@@H]2NC(=O)N[C@@H]21)c1ccccc1P(=O)(c1ccccc1)c1ccccc1.CNCCCCNC(=O)c1ccc(C(=O)NCCCOCCOCCOCCCNC(=O)CCCC[C@@H]2SC[C@@H]3NC(=O)N[C@@H]32)cc1P(=O)(c1ccccc1)c1ccccc1. The molecule has 6 aromatic rings. The Bertz CT molecular complexity index is 3790. The molecule has 0 spiro atoms. The van der Waals surface area contributed by atoms with E-state index < -0.39 is 14.3 Å². The standard InChI is InChI=1S/C45H63N6O8PS.C35H43N4O4PS/c1-46-22-10-11-23-49-44(54)37-21-20-34(32-39(37)60(56,35-14-4-2-5-15-35)36-16-6-3-7-17-36)43(53)48-25-13-27-58-29-31-59-30-28-57-26-12-24-47-41(52)19-9-8-18-40-42-38(33-61-40)50-45(55)51-42;1-36-34(28-19-9-10-20-30(28)44(42,26-15-5-2-6-16-26)27-17-7-3-8-18-27)43-24-14-4-13-23-37-32(40)22-12-11-21-31-33-29(25-45-31)38-35(41)39-33/h2-7,14-17,20-21,32,38,40,42,46H,8-13,18-19,22-31,33H2,1H3,(H,47,52)(H,48,53)(H,49,54)(H2,50,51,55);2-3,5-10,15-20,29,31,33H,4,11-14,21-25H2,1H3,(H,37,40)(H2,38,39,41)/t38-,40-,42-;29-,31-,33-/m00/s1. The molecule has 6 aromatic carbocycles. The van der Waals surface area contributed by atoms with Crippen LogP contribution in [0.2, 0.25) is 0 Å². The van der Waals surface area contributed by atoms with Crippen molar-refractivity contribution >= 4 is 111 Å². The van der Waals surface area contributed by atoms with E-state index in [1.54, 1.807) is 49.5 Å². The van der Waals surface area contributed by atoms with Gasteiger partial charge in [-0.3, -0.25) is 24.2 Å². The first kappa shape index (κ1) is 82.3. The van der Waals surface area contributed by atoms with Gasteiger partial charge in [0.2, 0.25) is 17.7 Å². The molecular weight excluding hydrogens is 1420 g/mol. The average molecular weight is 1530 g/mol. The molecule has 10 rings (SSSR count). The lowest BCUT2D eigenvalue weighted by Crippen LogP contribution is -2.36. The molecule has 570 valence electrons. The average Bonchev–Trinajstić information content (AvgIpc) is 1.17. The van der Waals surface area contributed by atoms with Gasteiger partial charge in [0.1, 0.15) is 0 Å². The minimum Gasteiger partial charge on any atom is -0.477 e. The molecule has 9 N–H and O–H groups in total. The normalized spacial score (nSPS) is 18.0. The number of carbonyl (C=O) groups excluding carboxylic acids is 6. The Balaban J connectivity index is 0.000000256. The first-order valence-electron chi connectivity index (χ1n) is 37.4. The summed E-state index contributed by atoms with van der Waals surface area (Å²) in [6.45, 7) is 6.06. The van der Waals surface area contributed by atoms with Crippen LogP contribution in [-0.2, 0) is 37.7 Å². The highest BCUT2D eigenvalue weighted by Gasteiger charge is 2.44. The van der Waals surface area contributed by atoms with Crippen molar-refractivity contribution in [3.63, 3.8) is 0 Å². The number of carbonyl (C=O) groups is 6. The van der Waals surface area contributed by atoms with Crippen molar-refractivity contribution in [3.8, 4) is 0 Å². The minimum atomic E-state index is -3.57. The molecule has 4 aliphatic rings. The van der Waals surface area contributed by atoms with Gasteiger partial charge >= 0.3 is 12.1 Å². The van der Waals surface area contributed by atoms with Crippen LogP contribution in [0.3, 0.4) is 0 Å². The molecular formula is C80H106N10O12P2S2. The Morgan fingerprint density at radius 2 is 0.877 bits per heavy atom. The summed E-state index contributed by atoms with van der Waals surface area (Å²) in [5.74, 6) is 1.88. The minimum absolute atomic E-state index is 0.0558. The van der Waals surface area contributed by atoms with Crippen LogP contribution in [0, 0.1) is 0 Å². The van der Waals surface area contributed by atoms with Crippen LogP contribution in [0.15, 0.2) is 169 Å². The highest BCUT2D eigenvalue weighted by Crippen LogP contribution is 2.45. The predicted molar refractivity (Wildman–Crippen MR) is 427 cm³/mol. The van der Waals surface area contributed by atoms with E-state index in [2.05, 4.69) is 52.8 Å². The van der Waals surface area contributed by atoms with Gasteiger partial charge in [0.05, 0.1) is 62.8 Å². The maximum Gasteiger partial charge on any atom is 0.315 e. The van der Waals surface area contributed by atoms with Gasteiger partial charge in [-0.15, -0.1) is 0 Å². The first-order valence-corrected chi connectivity index (χ1v) is 42.9. The van der Waals surface area contributed by atoms with E-state index >= 15 is 4.57 Å². The molecule has 4 fully saturated rings. The fraction of sp³-hybridized carbons (Fsp3) is 0.463. The number of amides is 8. The number of nitrogens with one attached hydrogen (secondary N) is 9. The van der Waals surface area contributed by atoms with E-state index in [0.29, 0.717) is 135 Å². The van der Waals surface area contributed by atoms with Crippen LogP contribution in [0.1, 0.15) is 123 Å². The number of hydrogen-bond acceptors (Lipinski definition) is 16. The van der Waals surface area contributed by atoms with Gasteiger partial charge in [-0.25, -0.2) is 9.59 Å². The number of urea groups is 2. The van der Waals surface area contributed by atoms with Crippen molar-refractivity contribution in [2.75, 3.05) is 105 Å². The van der Waals surface area contributed by atoms with Gasteiger partial charge in [0, 0.05) is 124 Å². The van der Waals surface area contributed by atoms with Gasteiger partial charge in [-0.2, -0.15) is 23.5 Å². The molecule has 26 heteroatoms. The van der Waals surface area contributed by atoms with Gasteiger partial charge in [-0.1, -0.05) is 152 Å². The molecule has 4 heterocycles. The third-order valence-corrected chi connectivity index (χ3v) is 28.2. The van der Waals surface area contributed by atoms with Crippen LogP contribution in [0.5, 0.6) is 0 Å². The monoisotopic (exact) mass is 1520 g/mol. The van der Waals surface area contributed by atoms with Crippen LogP contribution in [-0.4, -0.2) is 181 Å². The number of aliphatic imine (C=N–C) groups is 1. The summed E-state index contributed by atoms with van der Waals surface area (Å²) in [4.78, 5) is 79.0. The number of fused-ring (bicyclic) bond motifs is 2. The molecule has 0 aromatic heterocycles. The summed E-state index contributed by atoms with van der Waals surface area (Å²) >= 11 is 3.81. The fourth-order valence-corrected chi connectivity index (χ4v) is 22.2. The summed E-state index contributed by atoms with van der Waals surface area (Å²) in [5.41, 5.74) is 1.33. The topological polar surface area (TPSA) is 294 Å². The lowest BCUT2D eigenvalue weighted by atomic mass is 10.0. The molecule has 22 nitrogen and oxygen atoms in total. The summed E-state index contributed by atoms with van der Waals surface area (Å²) in [7, 11) is -3.17. The van der Waals surface area contributed by atoms with Gasteiger partial charge in [0.25, 0.3) is 11.8 Å². The van der Waals surface area contributed by atoms with E-state index in [1.807, 2.05) is 152 Å². The van der Waals surface area contributed by atoms with Crippen LogP contribution in [0.4, 0.5) is 9.59 Å². The van der Waals surface area contributed by atoms with E-state index in [9.17, 15) is 33.3 Å². The second-order valence-electron chi connectivity index (χ2n) is 26.5. The number of thioether (sulfide) groups is 2. The fourth-order valence-electron chi connectivity index (χ4n) is 13.4. The van der Waals surface area contributed by atoms with Crippen molar-refractivity contribution < 1.29 is 56.8 Å². The smallest absolute Gasteiger partial charge is 0.315 e. The molecule has 4 saturated heterocycles. The van der Waals surface area contributed by atoms with E-state index in [-0.39, 0.29) is 65.4 Å². The molecule has 0 unspecified atom stereocenters. The third kappa shape index (κ3) is 24.4. The summed E-state index contributed by atoms with van der Waals surface area (Å²) in [6.07, 6.45) is 12.3. The molecule has 106 heavy (non-hydrogen) atoms. The van der Waals surface area contributed by atoms with Gasteiger partial charge in [0.15, 0.2) is 14.3 Å². The maximum atomic E-state index is 15.4. The number of benzene rings is 6. The number of ether oxygens (including phenoxy) is 4. The Kier molecular flexibility index (Phi) is 34.5. The summed E-state index contributed by atoms with van der Waals surface area (Å²) in [6, 6.07) is 50.7. The number of unbranched alkanes of at least 4 members (excludes halogenated alkanes) is 5. The molecule has 0 aliphatic carbocycles. The Labute approximate surface area is 633 Å². The zero-order valence-corrected chi connectivity index (χ0v) is 64.5. The highest BCUT2D eigenvalue weighted by atomic mass is 32.2. The zero-order chi connectivity index (χ0) is 74.6. The zero-order valence-electron chi connectivity index (χ0n) is 61.1.